The van der Waals surface area contributed by atoms with Crippen LogP contribution in [0.1, 0.15) is 5.56 Å². The number of hydrogen-bond acceptors (Lipinski definition) is 2. The number of amides is 1. The van der Waals surface area contributed by atoms with Crippen LogP contribution in [0.3, 0.4) is 0 Å². The summed E-state index contributed by atoms with van der Waals surface area (Å²) in [5, 5.41) is 0. The van der Waals surface area contributed by atoms with Crippen LogP contribution < -0.4 is 10.5 Å². The van der Waals surface area contributed by atoms with Gasteiger partial charge in [0.05, 0.1) is 16.4 Å². The lowest BCUT2D eigenvalue weighted by Gasteiger charge is -2.11. The number of hydrogen-bond donors (Lipinski definition) is 1. The predicted octanol–water partition coefficient (Wildman–Crippen LogP) is 3.01. The fourth-order valence-corrected chi connectivity index (χ4v) is 2.84. The number of ether oxygens (including phenoxy) is 1. The van der Waals surface area contributed by atoms with E-state index in [-0.39, 0.29) is 10.7 Å². The highest BCUT2D eigenvalue weighted by molar-refractivity contribution is 9.11. The first-order valence-electron chi connectivity index (χ1n) is 4.41. The maximum absolute atomic E-state index is 11.0. The van der Waals surface area contributed by atoms with Crippen LogP contribution in [0, 0.1) is 0 Å². The molecule has 0 spiro atoms. The van der Waals surface area contributed by atoms with E-state index in [0.29, 0.717) is 6.42 Å². The van der Waals surface area contributed by atoms with E-state index in [1.807, 2.05) is 12.1 Å². The van der Waals surface area contributed by atoms with Crippen molar-refractivity contribution in [2.45, 2.75) is 11.2 Å². The maximum atomic E-state index is 11.0. The zero-order valence-electron chi connectivity index (χ0n) is 8.47. The molecule has 1 rings (SSSR count). The number of carbonyl (C=O) groups excluding carboxylic acids is 1. The number of carbonyl (C=O) groups is 1. The average Bonchev–Trinajstić information content (AvgIpc) is 2.21. The lowest BCUT2D eigenvalue weighted by atomic mass is 10.1. The van der Waals surface area contributed by atoms with Crippen LogP contribution >= 0.6 is 47.8 Å². The highest BCUT2D eigenvalue weighted by Gasteiger charge is 2.15. The number of benzene rings is 1. The first-order chi connectivity index (χ1) is 7.45. The molecule has 0 heterocycles. The van der Waals surface area contributed by atoms with Gasteiger partial charge in [0.2, 0.25) is 5.91 Å². The van der Waals surface area contributed by atoms with Gasteiger partial charge in [0, 0.05) is 4.47 Å². The molecule has 1 amide bonds. The van der Waals surface area contributed by atoms with E-state index in [0.717, 1.165) is 20.3 Å². The molecule has 0 saturated carbocycles. The van der Waals surface area contributed by atoms with Gasteiger partial charge in [0.15, 0.2) is 0 Å². The fourth-order valence-electron chi connectivity index (χ4n) is 1.18. The maximum Gasteiger partial charge on any atom is 0.231 e. The standard InChI is InChI=1S/C10H10Br3NO2/c1-16-9-3-5(2-8(13)10(14)15)6(11)4-7(9)12/h3-4,8H,2H2,1H3,(H2,14,15). The summed E-state index contributed by atoms with van der Waals surface area (Å²) in [5.74, 6) is 0.344. The minimum absolute atomic E-state index is 0.380. The van der Waals surface area contributed by atoms with Crippen molar-refractivity contribution in [2.24, 2.45) is 5.73 Å². The second-order valence-electron chi connectivity index (χ2n) is 3.15. The summed E-state index contributed by atoms with van der Waals surface area (Å²) in [6, 6.07) is 3.75. The van der Waals surface area contributed by atoms with Gasteiger partial charge in [-0.1, -0.05) is 31.9 Å². The topological polar surface area (TPSA) is 52.3 Å². The largest absolute Gasteiger partial charge is 0.496 e. The van der Waals surface area contributed by atoms with Gasteiger partial charge in [-0.05, 0) is 40.0 Å². The van der Waals surface area contributed by atoms with Crippen molar-refractivity contribution in [3.8, 4) is 5.75 Å². The molecule has 1 aromatic rings. The van der Waals surface area contributed by atoms with Gasteiger partial charge in [-0.3, -0.25) is 4.79 Å². The Balaban J connectivity index is 3.00. The zero-order valence-corrected chi connectivity index (χ0v) is 13.2. The molecule has 1 aromatic carbocycles. The molecule has 2 N–H and O–H groups in total. The van der Waals surface area contributed by atoms with E-state index in [1.54, 1.807) is 7.11 Å². The van der Waals surface area contributed by atoms with Crippen molar-refractivity contribution < 1.29 is 9.53 Å². The summed E-state index contributed by atoms with van der Waals surface area (Å²) in [6.45, 7) is 0. The molecule has 0 fully saturated rings. The van der Waals surface area contributed by atoms with E-state index in [9.17, 15) is 4.79 Å². The minimum atomic E-state index is -0.381. The molecule has 0 bridgehead atoms. The number of rotatable bonds is 4. The van der Waals surface area contributed by atoms with Gasteiger partial charge in [0.25, 0.3) is 0 Å². The normalized spacial score (nSPS) is 12.2. The molecular weight excluding hydrogens is 406 g/mol. The molecular formula is C10H10Br3NO2. The Morgan fingerprint density at radius 1 is 1.44 bits per heavy atom. The van der Waals surface area contributed by atoms with Crippen molar-refractivity contribution in [2.75, 3.05) is 7.11 Å². The molecule has 3 nitrogen and oxygen atoms in total. The van der Waals surface area contributed by atoms with Crippen LogP contribution in [-0.4, -0.2) is 17.8 Å². The number of methoxy groups -OCH3 is 1. The number of primary amides is 1. The minimum Gasteiger partial charge on any atom is -0.496 e. The van der Waals surface area contributed by atoms with Crippen LogP contribution in [-0.2, 0) is 11.2 Å². The van der Waals surface area contributed by atoms with Crippen LogP contribution in [0.5, 0.6) is 5.75 Å². The van der Waals surface area contributed by atoms with Crippen LogP contribution in [0.2, 0.25) is 0 Å². The number of alkyl halides is 1. The number of halogens is 3. The van der Waals surface area contributed by atoms with Gasteiger partial charge < -0.3 is 10.5 Å². The Labute approximate surface area is 119 Å². The van der Waals surface area contributed by atoms with Crippen LogP contribution in [0.4, 0.5) is 0 Å². The van der Waals surface area contributed by atoms with Gasteiger partial charge in [-0.25, -0.2) is 0 Å². The molecule has 0 aliphatic rings. The fraction of sp³-hybridized carbons (Fsp3) is 0.300. The molecule has 88 valence electrons. The molecule has 0 saturated heterocycles. The Morgan fingerprint density at radius 3 is 2.56 bits per heavy atom. The van der Waals surface area contributed by atoms with E-state index < -0.39 is 0 Å². The predicted molar refractivity (Wildman–Crippen MR) is 74.0 cm³/mol. The molecule has 1 atom stereocenters. The van der Waals surface area contributed by atoms with Gasteiger partial charge >= 0.3 is 0 Å². The molecule has 0 radical (unpaired) electrons. The van der Waals surface area contributed by atoms with Crippen LogP contribution in [0.15, 0.2) is 21.1 Å². The van der Waals surface area contributed by atoms with E-state index in [4.69, 9.17) is 10.5 Å². The molecule has 6 heteroatoms. The highest BCUT2D eigenvalue weighted by Crippen LogP contribution is 2.32. The van der Waals surface area contributed by atoms with Crippen LogP contribution in [0.25, 0.3) is 0 Å². The van der Waals surface area contributed by atoms with E-state index in [2.05, 4.69) is 47.8 Å². The average molecular weight is 416 g/mol. The third-order valence-electron chi connectivity index (χ3n) is 2.03. The Bertz CT molecular complexity index is 409. The summed E-state index contributed by atoms with van der Waals surface area (Å²) in [7, 11) is 1.59. The molecule has 1 unspecified atom stereocenters. The Hall–Kier alpha value is -0.0700. The van der Waals surface area contributed by atoms with Crippen molar-refractivity contribution >= 4 is 53.7 Å². The third kappa shape index (κ3) is 3.46. The number of nitrogens with two attached hydrogens (primary N) is 1. The first kappa shape index (κ1) is 14.0. The first-order valence-corrected chi connectivity index (χ1v) is 6.91. The Kier molecular flexibility index (Phi) is 5.27. The Morgan fingerprint density at radius 2 is 2.06 bits per heavy atom. The lowest BCUT2D eigenvalue weighted by molar-refractivity contribution is -0.117. The summed E-state index contributed by atoms with van der Waals surface area (Å²) in [5.41, 5.74) is 6.15. The van der Waals surface area contributed by atoms with Gasteiger partial charge in [0.1, 0.15) is 5.75 Å². The van der Waals surface area contributed by atoms with Crippen molar-refractivity contribution in [1.29, 1.82) is 0 Å². The van der Waals surface area contributed by atoms with Crippen molar-refractivity contribution in [3.05, 3.63) is 26.6 Å². The van der Waals surface area contributed by atoms with Gasteiger partial charge in [-0.15, -0.1) is 0 Å². The van der Waals surface area contributed by atoms with Gasteiger partial charge in [-0.2, -0.15) is 0 Å². The second-order valence-corrected chi connectivity index (χ2v) is 5.97. The lowest BCUT2D eigenvalue weighted by Crippen LogP contribution is -2.25. The third-order valence-corrected chi connectivity index (χ3v) is 4.16. The summed E-state index contributed by atoms with van der Waals surface area (Å²) in [6.07, 6.45) is 0.513. The molecule has 0 aromatic heterocycles. The summed E-state index contributed by atoms with van der Waals surface area (Å²) < 4.78 is 6.95. The van der Waals surface area contributed by atoms with Crippen molar-refractivity contribution in [1.82, 2.24) is 0 Å². The summed E-state index contributed by atoms with van der Waals surface area (Å²) >= 11 is 10.0. The van der Waals surface area contributed by atoms with E-state index >= 15 is 0 Å². The monoisotopic (exact) mass is 413 g/mol. The smallest absolute Gasteiger partial charge is 0.231 e. The zero-order chi connectivity index (χ0) is 12.3. The highest BCUT2D eigenvalue weighted by atomic mass is 79.9. The molecule has 16 heavy (non-hydrogen) atoms. The van der Waals surface area contributed by atoms with Crippen molar-refractivity contribution in [3.63, 3.8) is 0 Å². The summed E-state index contributed by atoms with van der Waals surface area (Å²) in [4.78, 5) is 10.6. The quantitative estimate of drug-likeness (QED) is 0.768. The second kappa shape index (κ2) is 6.02. The van der Waals surface area contributed by atoms with E-state index in [1.165, 1.54) is 0 Å². The molecule has 0 aliphatic heterocycles. The molecule has 0 aliphatic carbocycles. The SMILES string of the molecule is COc1cc(CC(Br)C(N)=O)c(Br)cc1Br.